The van der Waals surface area contributed by atoms with E-state index < -0.39 is 5.97 Å². The van der Waals surface area contributed by atoms with E-state index in [2.05, 4.69) is 39.8 Å². The molecule has 164 valence electrons. The van der Waals surface area contributed by atoms with Gasteiger partial charge >= 0.3 is 11.9 Å². The third-order valence-electron chi connectivity index (χ3n) is 6.26. The molecular formula is C27H38O3. The molecule has 0 spiro atoms. The highest BCUT2D eigenvalue weighted by Gasteiger charge is 2.26. The van der Waals surface area contributed by atoms with E-state index in [0.29, 0.717) is 0 Å². The first kappa shape index (κ1) is 24.1. The van der Waals surface area contributed by atoms with E-state index in [1.165, 1.54) is 42.9 Å². The van der Waals surface area contributed by atoms with Crippen molar-refractivity contribution in [1.29, 1.82) is 0 Å². The molecule has 0 N–H and O–H groups in total. The molecule has 3 nitrogen and oxygen atoms in total. The Morgan fingerprint density at radius 3 is 2.37 bits per heavy atom. The van der Waals surface area contributed by atoms with Gasteiger partial charge in [-0.1, -0.05) is 74.6 Å². The number of hydrogen-bond donors (Lipinski definition) is 0. The molecule has 2 aliphatic rings. The zero-order valence-electron chi connectivity index (χ0n) is 19.4. The van der Waals surface area contributed by atoms with Crippen LogP contribution in [-0.4, -0.2) is 11.9 Å². The highest BCUT2D eigenvalue weighted by molar-refractivity contribution is 5.93. The number of hydrogen-bond acceptors (Lipinski definition) is 3. The third-order valence-corrected chi connectivity index (χ3v) is 6.26. The molecule has 0 heterocycles. The highest BCUT2D eigenvalue weighted by Crippen LogP contribution is 2.40. The van der Waals surface area contributed by atoms with E-state index in [-0.39, 0.29) is 17.3 Å². The summed E-state index contributed by atoms with van der Waals surface area (Å²) in [6.07, 6.45) is 20.2. The molecule has 0 amide bonds. The van der Waals surface area contributed by atoms with E-state index in [1.807, 2.05) is 25.2 Å². The third kappa shape index (κ3) is 7.59. The lowest BCUT2D eigenvalue weighted by atomic mass is 9.72. The van der Waals surface area contributed by atoms with E-state index in [4.69, 9.17) is 4.74 Å². The molecule has 3 heteroatoms. The number of carbonyl (C=O) groups is 2. The van der Waals surface area contributed by atoms with Crippen molar-refractivity contribution in [1.82, 2.24) is 0 Å². The lowest BCUT2D eigenvalue weighted by Gasteiger charge is -2.32. The van der Waals surface area contributed by atoms with Crippen molar-refractivity contribution in [3.63, 3.8) is 0 Å². The minimum absolute atomic E-state index is 0.114. The lowest BCUT2D eigenvalue weighted by molar-refractivity contribution is -0.160. The van der Waals surface area contributed by atoms with Crippen LogP contribution in [0.2, 0.25) is 0 Å². The summed E-state index contributed by atoms with van der Waals surface area (Å²) in [5.74, 6) is -1.06. The summed E-state index contributed by atoms with van der Waals surface area (Å²) in [6, 6.07) is 0. The fourth-order valence-corrected chi connectivity index (χ4v) is 4.42. The van der Waals surface area contributed by atoms with Crippen LogP contribution in [0.1, 0.15) is 86.0 Å². The average Bonchev–Trinajstić information content (AvgIpc) is 2.67. The first-order valence-electron chi connectivity index (χ1n) is 11.4. The maximum Gasteiger partial charge on any atom is 0.338 e. The Balaban J connectivity index is 1.90. The van der Waals surface area contributed by atoms with Crippen LogP contribution in [0.3, 0.4) is 0 Å². The minimum atomic E-state index is -0.574. The van der Waals surface area contributed by atoms with E-state index in [1.54, 1.807) is 0 Å². The average molecular weight is 411 g/mol. The normalized spacial score (nSPS) is 21.5. The Labute approximate surface area is 182 Å². The van der Waals surface area contributed by atoms with Crippen LogP contribution in [0.15, 0.2) is 58.7 Å². The summed E-state index contributed by atoms with van der Waals surface area (Å²) in [5, 5.41) is 0. The Morgan fingerprint density at radius 1 is 1.00 bits per heavy atom. The summed E-state index contributed by atoms with van der Waals surface area (Å²) < 4.78 is 5.00. The molecule has 0 bridgehead atoms. The van der Waals surface area contributed by atoms with Crippen molar-refractivity contribution < 1.29 is 14.3 Å². The zero-order valence-corrected chi connectivity index (χ0v) is 19.4. The largest absolute Gasteiger partial charge is 0.390 e. The van der Waals surface area contributed by atoms with Crippen molar-refractivity contribution in [2.45, 2.75) is 86.0 Å². The number of allylic oxidation sites excluding steroid dienone is 9. The predicted molar refractivity (Wildman–Crippen MR) is 124 cm³/mol. The lowest BCUT2D eigenvalue weighted by Crippen LogP contribution is -2.22. The topological polar surface area (TPSA) is 43.4 Å². The van der Waals surface area contributed by atoms with Gasteiger partial charge in [0.1, 0.15) is 0 Å². The van der Waals surface area contributed by atoms with Gasteiger partial charge in [0, 0.05) is 6.08 Å². The summed E-state index contributed by atoms with van der Waals surface area (Å²) in [5.41, 5.74) is 5.09. The number of rotatable bonds is 6. The van der Waals surface area contributed by atoms with Gasteiger partial charge in [0.2, 0.25) is 0 Å². The standard InChI is InChI=1S/C27H38O3/c1-20(16-17-24-22(3)13-10-18-27(24,4)5)11-9-12-21(2)19-25(28)30-26(29)23-14-7-6-8-15-23/h9,11-12,16-17,19,23H,6-8,10,13-15,18H2,1-5H3/b12-9+,17-16+,20-11+,21-19+. The van der Waals surface area contributed by atoms with Gasteiger partial charge in [-0.05, 0) is 69.4 Å². The molecule has 1 saturated carbocycles. The van der Waals surface area contributed by atoms with Crippen LogP contribution in [0.5, 0.6) is 0 Å². The Hall–Kier alpha value is -2.16. The molecule has 0 radical (unpaired) electrons. The second kappa shape index (κ2) is 11.3. The smallest absolute Gasteiger partial charge is 0.338 e. The summed E-state index contributed by atoms with van der Waals surface area (Å²) in [4.78, 5) is 24.0. The molecule has 0 atom stereocenters. The fourth-order valence-electron chi connectivity index (χ4n) is 4.42. The maximum atomic E-state index is 12.1. The van der Waals surface area contributed by atoms with Crippen molar-refractivity contribution >= 4 is 11.9 Å². The summed E-state index contributed by atoms with van der Waals surface area (Å²) in [7, 11) is 0. The molecule has 1 fully saturated rings. The fraction of sp³-hybridized carbons (Fsp3) is 0.556. The molecule has 0 aromatic carbocycles. The van der Waals surface area contributed by atoms with E-state index >= 15 is 0 Å². The van der Waals surface area contributed by atoms with Gasteiger partial charge in [-0.25, -0.2) is 4.79 Å². The first-order valence-corrected chi connectivity index (χ1v) is 11.4. The number of ether oxygens (including phenoxy) is 1. The van der Waals surface area contributed by atoms with Crippen LogP contribution >= 0.6 is 0 Å². The Bertz CT molecular complexity index is 781. The highest BCUT2D eigenvalue weighted by atomic mass is 16.6. The van der Waals surface area contributed by atoms with Gasteiger partial charge in [0.15, 0.2) is 0 Å². The minimum Gasteiger partial charge on any atom is -0.390 e. The molecule has 0 aromatic heterocycles. The molecule has 30 heavy (non-hydrogen) atoms. The van der Waals surface area contributed by atoms with Crippen LogP contribution in [0.25, 0.3) is 0 Å². The molecule has 2 aliphatic carbocycles. The van der Waals surface area contributed by atoms with Gasteiger partial charge < -0.3 is 4.74 Å². The molecular weight excluding hydrogens is 372 g/mol. The van der Waals surface area contributed by atoms with E-state index in [0.717, 1.165) is 36.8 Å². The second-order valence-corrected chi connectivity index (χ2v) is 9.50. The van der Waals surface area contributed by atoms with Gasteiger partial charge in [-0.2, -0.15) is 0 Å². The van der Waals surface area contributed by atoms with Crippen LogP contribution < -0.4 is 0 Å². The zero-order chi connectivity index (χ0) is 22.1. The molecule has 0 aromatic rings. The number of carbonyl (C=O) groups excluding carboxylic acids is 2. The molecule has 0 aliphatic heterocycles. The predicted octanol–water partition coefficient (Wildman–Crippen LogP) is 7.17. The molecule has 0 saturated heterocycles. The monoisotopic (exact) mass is 410 g/mol. The van der Waals surface area contributed by atoms with E-state index in [9.17, 15) is 9.59 Å². The Kier molecular flexibility index (Phi) is 9.08. The van der Waals surface area contributed by atoms with Crippen molar-refractivity contribution in [3.05, 3.63) is 58.7 Å². The summed E-state index contributed by atoms with van der Waals surface area (Å²) >= 11 is 0. The van der Waals surface area contributed by atoms with Gasteiger partial charge in [-0.3, -0.25) is 4.79 Å². The Morgan fingerprint density at radius 2 is 1.70 bits per heavy atom. The van der Waals surface area contributed by atoms with Crippen molar-refractivity contribution in [3.8, 4) is 0 Å². The van der Waals surface area contributed by atoms with Crippen LogP contribution in [-0.2, 0) is 14.3 Å². The van der Waals surface area contributed by atoms with Crippen LogP contribution in [0.4, 0.5) is 0 Å². The van der Waals surface area contributed by atoms with Crippen molar-refractivity contribution in [2.75, 3.05) is 0 Å². The van der Waals surface area contributed by atoms with Gasteiger partial charge in [0.25, 0.3) is 0 Å². The quantitative estimate of drug-likeness (QED) is 0.202. The second-order valence-electron chi connectivity index (χ2n) is 9.50. The van der Waals surface area contributed by atoms with Gasteiger partial charge in [-0.15, -0.1) is 0 Å². The molecule has 0 unspecified atom stereocenters. The summed E-state index contributed by atoms with van der Waals surface area (Å²) in [6.45, 7) is 10.8. The SMILES string of the molecule is CC1=C(/C=C/C(C)=C/C=C/C(C)=C/C(=O)OC(=O)C2CCCCC2)C(C)(C)CCC1. The number of esters is 2. The van der Waals surface area contributed by atoms with Crippen LogP contribution in [0, 0.1) is 11.3 Å². The first-order chi connectivity index (χ1) is 14.2. The molecule has 2 rings (SSSR count). The maximum absolute atomic E-state index is 12.1. The van der Waals surface area contributed by atoms with Gasteiger partial charge in [0.05, 0.1) is 5.92 Å². The van der Waals surface area contributed by atoms with Crippen molar-refractivity contribution in [2.24, 2.45) is 11.3 Å².